The molecule has 0 aliphatic heterocycles. The van der Waals surface area contributed by atoms with E-state index in [2.05, 4.69) is 20.8 Å². The second kappa shape index (κ2) is 11.0. The highest BCUT2D eigenvalue weighted by atomic mass is 32.2. The summed E-state index contributed by atoms with van der Waals surface area (Å²) in [5.41, 5.74) is 3.23. The zero-order valence-corrected chi connectivity index (χ0v) is 20.5. The van der Waals surface area contributed by atoms with Crippen LogP contribution in [0.5, 0.6) is 17.2 Å². The molecule has 33 heavy (non-hydrogen) atoms. The maximum Gasteiger partial charge on any atom is 0.257 e. The summed E-state index contributed by atoms with van der Waals surface area (Å²) in [6.07, 6.45) is 0. The summed E-state index contributed by atoms with van der Waals surface area (Å²) in [6.45, 7) is 3.96. The van der Waals surface area contributed by atoms with E-state index in [1.165, 1.54) is 44.4 Å². The molecule has 0 spiro atoms. The van der Waals surface area contributed by atoms with Crippen molar-refractivity contribution in [3.8, 4) is 17.2 Å². The fourth-order valence-corrected chi connectivity index (χ4v) is 4.45. The number of nitrogens with zero attached hydrogens (tertiary/aromatic N) is 2. The van der Waals surface area contributed by atoms with Crippen molar-refractivity contribution in [3.63, 3.8) is 0 Å². The third-order valence-corrected chi connectivity index (χ3v) is 6.73. The number of ether oxygens (including phenoxy) is 3. The van der Waals surface area contributed by atoms with E-state index in [1.54, 1.807) is 12.1 Å². The number of carbonyl (C=O) groups is 2. The van der Waals surface area contributed by atoms with Gasteiger partial charge in [0.05, 0.1) is 27.1 Å². The SMILES string of the molecule is COc1cc(C(=O)Nc2nnc(SCC(=O)Nc3cccc(C)c3C)s2)cc(OC)c1OC. The van der Waals surface area contributed by atoms with Crippen LogP contribution in [0.2, 0.25) is 0 Å². The first-order valence-corrected chi connectivity index (χ1v) is 11.6. The van der Waals surface area contributed by atoms with Crippen molar-refractivity contribution in [1.82, 2.24) is 10.2 Å². The molecule has 3 rings (SSSR count). The minimum absolute atomic E-state index is 0.146. The molecule has 0 aliphatic rings. The van der Waals surface area contributed by atoms with Crippen LogP contribution in [0.3, 0.4) is 0 Å². The number of methoxy groups -OCH3 is 3. The lowest BCUT2D eigenvalue weighted by Gasteiger charge is -2.13. The normalized spacial score (nSPS) is 10.5. The number of rotatable bonds is 9. The minimum Gasteiger partial charge on any atom is -0.493 e. The zero-order valence-electron chi connectivity index (χ0n) is 18.8. The Hall–Kier alpha value is -3.31. The Bertz CT molecular complexity index is 1140. The molecule has 11 heteroatoms. The largest absolute Gasteiger partial charge is 0.493 e. The van der Waals surface area contributed by atoms with Gasteiger partial charge in [0.2, 0.25) is 16.8 Å². The van der Waals surface area contributed by atoms with E-state index in [4.69, 9.17) is 14.2 Å². The van der Waals surface area contributed by atoms with E-state index in [9.17, 15) is 9.59 Å². The molecule has 0 unspecified atom stereocenters. The van der Waals surface area contributed by atoms with Gasteiger partial charge in [-0.25, -0.2) is 0 Å². The quantitative estimate of drug-likeness (QED) is 0.341. The number of nitrogens with one attached hydrogen (secondary N) is 2. The van der Waals surface area contributed by atoms with Crippen molar-refractivity contribution in [3.05, 3.63) is 47.0 Å². The number of aryl methyl sites for hydroxylation is 1. The Labute approximate surface area is 199 Å². The molecular formula is C22H24N4O5S2. The summed E-state index contributed by atoms with van der Waals surface area (Å²) in [5.74, 6) is 0.741. The molecule has 0 saturated heterocycles. The lowest BCUT2D eigenvalue weighted by Crippen LogP contribution is -2.15. The number of carbonyl (C=O) groups excluding carboxylic acids is 2. The van der Waals surface area contributed by atoms with Crippen molar-refractivity contribution in [2.45, 2.75) is 18.2 Å². The lowest BCUT2D eigenvalue weighted by atomic mass is 10.1. The minimum atomic E-state index is -0.408. The molecule has 0 fully saturated rings. The van der Waals surface area contributed by atoms with Gasteiger partial charge in [-0.1, -0.05) is 35.2 Å². The molecule has 1 heterocycles. The Morgan fingerprint density at radius 3 is 2.33 bits per heavy atom. The molecule has 0 radical (unpaired) electrons. The van der Waals surface area contributed by atoms with Crippen molar-refractivity contribution >= 4 is 45.7 Å². The summed E-state index contributed by atoms with van der Waals surface area (Å²) < 4.78 is 16.4. The van der Waals surface area contributed by atoms with Gasteiger partial charge in [-0.3, -0.25) is 14.9 Å². The molecule has 2 N–H and O–H groups in total. The lowest BCUT2D eigenvalue weighted by molar-refractivity contribution is -0.113. The Morgan fingerprint density at radius 1 is 1.00 bits per heavy atom. The van der Waals surface area contributed by atoms with Crippen LogP contribution in [0.4, 0.5) is 10.8 Å². The van der Waals surface area contributed by atoms with E-state index >= 15 is 0 Å². The van der Waals surface area contributed by atoms with Gasteiger partial charge < -0.3 is 19.5 Å². The summed E-state index contributed by atoms with van der Waals surface area (Å²) in [4.78, 5) is 25.0. The average Bonchev–Trinajstić information content (AvgIpc) is 3.26. The maximum absolute atomic E-state index is 12.7. The Kier molecular flexibility index (Phi) is 8.12. The van der Waals surface area contributed by atoms with E-state index in [0.717, 1.165) is 16.8 Å². The monoisotopic (exact) mass is 488 g/mol. The van der Waals surface area contributed by atoms with E-state index < -0.39 is 5.91 Å². The van der Waals surface area contributed by atoms with Gasteiger partial charge >= 0.3 is 0 Å². The zero-order chi connectivity index (χ0) is 24.0. The van der Waals surface area contributed by atoms with Crippen LogP contribution in [-0.2, 0) is 4.79 Å². The first kappa shape index (κ1) is 24.3. The number of hydrogen-bond acceptors (Lipinski definition) is 9. The number of aromatic nitrogens is 2. The number of hydrogen-bond donors (Lipinski definition) is 2. The van der Waals surface area contributed by atoms with Gasteiger partial charge in [0.1, 0.15) is 0 Å². The van der Waals surface area contributed by atoms with E-state index in [-0.39, 0.29) is 11.7 Å². The van der Waals surface area contributed by atoms with E-state index in [1.807, 2.05) is 32.0 Å². The summed E-state index contributed by atoms with van der Waals surface area (Å²) in [5, 5.41) is 13.9. The number of anilines is 2. The van der Waals surface area contributed by atoms with Gasteiger partial charge in [-0.05, 0) is 43.2 Å². The predicted molar refractivity (Wildman–Crippen MR) is 129 cm³/mol. The predicted octanol–water partition coefficient (Wildman–Crippen LogP) is 4.16. The van der Waals surface area contributed by atoms with Crippen LogP contribution >= 0.6 is 23.1 Å². The van der Waals surface area contributed by atoms with Crippen LogP contribution < -0.4 is 24.8 Å². The number of amides is 2. The van der Waals surface area contributed by atoms with Gasteiger partial charge in [-0.15, -0.1) is 10.2 Å². The van der Waals surface area contributed by atoms with Crippen LogP contribution in [0.1, 0.15) is 21.5 Å². The molecule has 2 amide bonds. The highest BCUT2D eigenvalue weighted by Crippen LogP contribution is 2.38. The molecule has 0 saturated carbocycles. The third kappa shape index (κ3) is 5.93. The van der Waals surface area contributed by atoms with Crippen molar-refractivity contribution < 1.29 is 23.8 Å². The molecule has 0 bridgehead atoms. The first-order valence-electron chi connectivity index (χ1n) is 9.80. The van der Waals surface area contributed by atoms with Crippen molar-refractivity contribution in [2.24, 2.45) is 0 Å². The molecule has 0 atom stereocenters. The molecular weight excluding hydrogens is 464 g/mol. The van der Waals surface area contributed by atoms with Crippen LogP contribution in [0.15, 0.2) is 34.7 Å². The molecule has 1 aromatic heterocycles. The van der Waals surface area contributed by atoms with Gasteiger partial charge in [0.25, 0.3) is 5.91 Å². The number of benzene rings is 2. The van der Waals surface area contributed by atoms with Gasteiger partial charge in [-0.2, -0.15) is 0 Å². The van der Waals surface area contributed by atoms with Crippen LogP contribution in [0.25, 0.3) is 0 Å². The molecule has 3 aromatic rings. The Balaban J connectivity index is 1.61. The maximum atomic E-state index is 12.7. The standard InChI is InChI=1S/C22H24N4O5S2/c1-12-7-6-8-15(13(12)2)23-18(27)11-32-22-26-25-21(33-22)24-20(28)14-9-16(29-3)19(31-5)17(10-14)30-4/h6-10H,11H2,1-5H3,(H,23,27)(H,24,25,28). The fraction of sp³-hybridized carbons (Fsp3) is 0.273. The molecule has 0 aliphatic carbocycles. The van der Waals surface area contributed by atoms with E-state index in [0.29, 0.717) is 32.3 Å². The van der Waals surface area contributed by atoms with Crippen molar-refractivity contribution in [1.29, 1.82) is 0 Å². The highest BCUT2D eigenvalue weighted by molar-refractivity contribution is 8.01. The number of thioether (sulfide) groups is 1. The second-order valence-electron chi connectivity index (χ2n) is 6.83. The van der Waals surface area contributed by atoms with Gasteiger partial charge in [0.15, 0.2) is 15.8 Å². The smallest absolute Gasteiger partial charge is 0.257 e. The highest BCUT2D eigenvalue weighted by Gasteiger charge is 2.18. The second-order valence-corrected chi connectivity index (χ2v) is 9.03. The molecule has 2 aromatic carbocycles. The van der Waals surface area contributed by atoms with Crippen molar-refractivity contribution in [2.75, 3.05) is 37.7 Å². The van der Waals surface area contributed by atoms with Crippen LogP contribution in [0, 0.1) is 13.8 Å². The van der Waals surface area contributed by atoms with Crippen LogP contribution in [-0.4, -0.2) is 49.1 Å². The summed E-state index contributed by atoms with van der Waals surface area (Å²) >= 11 is 2.42. The Morgan fingerprint density at radius 2 is 1.70 bits per heavy atom. The first-order chi connectivity index (χ1) is 15.9. The molecule has 9 nitrogen and oxygen atoms in total. The fourth-order valence-electron chi connectivity index (χ4n) is 2.90. The average molecular weight is 489 g/mol. The van der Waals surface area contributed by atoms with Gasteiger partial charge in [0, 0.05) is 11.3 Å². The third-order valence-electron chi connectivity index (χ3n) is 4.76. The molecule has 174 valence electrons. The summed E-state index contributed by atoms with van der Waals surface area (Å²) in [6, 6.07) is 8.86. The topological polar surface area (TPSA) is 112 Å². The summed E-state index contributed by atoms with van der Waals surface area (Å²) in [7, 11) is 4.44.